The zero-order valence-electron chi connectivity index (χ0n) is 14.2. The molecule has 1 aliphatic heterocycles. The molecule has 0 spiro atoms. The van der Waals surface area contributed by atoms with Crippen molar-refractivity contribution in [3.8, 4) is 5.75 Å². The second kappa shape index (κ2) is 7.82. The summed E-state index contributed by atoms with van der Waals surface area (Å²) in [7, 11) is 0. The number of hydrogen-bond donors (Lipinski definition) is 0. The molecule has 26 heavy (non-hydrogen) atoms. The van der Waals surface area contributed by atoms with Gasteiger partial charge in [-0.3, -0.25) is 9.59 Å². The molecule has 0 unspecified atom stereocenters. The van der Waals surface area contributed by atoms with E-state index < -0.39 is 6.61 Å². The largest absolute Gasteiger partial charge is 0.434 e. The number of carbonyl (C=O) groups is 2. The number of hydrogen-bond acceptors (Lipinski definition) is 4. The quantitative estimate of drug-likeness (QED) is 0.818. The van der Waals surface area contributed by atoms with Gasteiger partial charge in [-0.1, -0.05) is 12.1 Å². The molecule has 138 valence electrons. The summed E-state index contributed by atoms with van der Waals surface area (Å²) in [5, 5.41) is 0. The lowest BCUT2D eigenvalue weighted by atomic mass is 10.1. The first kappa shape index (κ1) is 18.3. The Morgan fingerprint density at radius 3 is 2.19 bits per heavy atom. The van der Waals surface area contributed by atoms with Gasteiger partial charge in [0.05, 0.1) is 10.4 Å². The van der Waals surface area contributed by atoms with Gasteiger partial charge in [-0.25, -0.2) is 0 Å². The highest BCUT2D eigenvalue weighted by Gasteiger charge is 2.27. The number of aryl methyl sites for hydroxylation is 1. The average molecular weight is 380 g/mol. The van der Waals surface area contributed by atoms with E-state index in [0.29, 0.717) is 31.1 Å². The number of alkyl halides is 2. The number of ether oxygens (including phenoxy) is 1. The minimum atomic E-state index is -2.99. The number of piperazine rings is 1. The Morgan fingerprint density at radius 1 is 1.00 bits per heavy atom. The van der Waals surface area contributed by atoms with Crippen molar-refractivity contribution < 1.29 is 23.1 Å². The maximum Gasteiger partial charge on any atom is 0.387 e. The molecule has 8 heteroatoms. The number of rotatable bonds is 4. The van der Waals surface area contributed by atoms with Crippen molar-refractivity contribution in [2.45, 2.75) is 13.5 Å². The summed E-state index contributed by atoms with van der Waals surface area (Å²) in [6, 6.07) is 9.65. The van der Waals surface area contributed by atoms with Crippen molar-refractivity contribution in [1.29, 1.82) is 0 Å². The molecule has 1 aliphatic rings. The molecule has 1 aromatic heterocycles. The van der Waals surface area contributed by atoms with Gasteiger partial charge in [-0.2, -0.15) is 8.78 Å². The molecule has 5 nitrogen and oxygen atoms in total. The van der Waals surface area contributed by atoms with Gasteiger partial charge >= 0.3 is 6.61 Å². The molecular weight excluding hydrogens is 362 g/mol. The zero-order valence-corrected chi connectivity index (χ0v) is 15.0. The van der Waals surface area contributed by atoms with E-state index in [1.54, 1.807) is 21.9 Å². The SMILES string of the molecule is Cc1ccc(C(=O)N2CCN(C(=O)c3ccccc3OC(F)F)CC2)s1. The standard InChI is InChI=1S/C18H18F2N2O3S/c1-12-6-7-15(26-12)17(24)22-10-8-21(9-11-22)16(23)13-4-2-3-5-14(13)25-18(19)20/h2-7,18H,8-11H2,1H3. The minimum absolute atomic E-state index is 0.0448. The first-order chi connectivity index (χ1) is 12.5. The molecule has 0 atom stereocenters. The summed E-state index contributed by atoms with van der Waals surface area (Å²) >= 11 is 1.44. The summed E-state index contributed by atoms with van der Waals surface area (Å²) in [6.45, 7) is 0.443. The lowest BCUT2D eigenvalue weighted by Gasteiger charge is -2.34. The van der Waals surface area contributed by atoms with E-state index in [1.165, 1.54) is 29.5 Å². The van der Waals surface area contributed by atoms with E-state index in [2.05, 4.69) is 4.74 Å². The Balaban J connectivity index is 1.65. The summed E-state index contributed by atoms with van der Waals surface area (Å²) in [5.74, 6) is -0.558. The van der Waals surface area contributed by atoms with Crippen LogP contribution in [0.25, 0.3) is 0 Å². The monoisotopic (exact) mass is 380 g/mol. The number of nitrogens with zero attached hydrogens (tertiary/aromatic N) is 2. The van der Waals surface area contributed by atoms with Crippen LogP contribution in [0.2, 0.25) is 0 Å². The molecule has 0 aliphatic carbocycles. The van der Waals surface area contributed by atoms with Gasteiger partial charge in [0, 0.05) is 31.1 Å². The van der Waals surface area contributed by atoms with Crippen LogP contribution in [-0.4, -0.2) is 54.4 Å². The third-order valence-corrected chi connectivity index (χ3v) is 5.13. The molecule has 0 N–H and O–H groups in total. The van der Waals surface area contributed by atoms with Gasteiger partial charge in [0.2, 0.25) is 0 Å². The molecule has 3 rings (SSSR count). The first-order valence-corrected chi connectivity index (χ1v) is 8.96. The Kier molecular flexibility index (Phi) is 5.51. The van der Waals surface area contributed by atoms with Crippen LogP contribution in [0.1, 0.15) is 24.9 Å². The Labute approximate surface area is 153 Å². The van der Waals surface area contributed by atoms with E-state index in [1.807, 2.05) is 13.0 Å². The average Bonchev–Trinajstić information content (AvgIpc) is 3.07. The van der Waals surface area contributed by atoms with Crippen LogP contribution in [-0.2, 0) is 0 Å². The van der Waals surface area contributed by atoms with Crippen molar-refractivity contribution in [3.05, 3.63) is 51.7 Å². The third kappa shape index (κ3) is 4.01. The Hall–Kier alpha value is -2.48. The van der Waals surface area contributed by atoms with Gasteiger partial charge < -0.3 is 14.5 Å². The highest BCUT2D eigenvalue weighted by atomic mass is 32.1. The van der Waals surface area contributed by atoms with Crippen molar-refractivity contribution in [2.75, 3.05) is 26.2 Å². The molecule has 2 heterocycles. The molecule has 0 radical (unpaired) electrons. The van der Waals surface area contributed by atoms with Gasteiger partial charge in [-0.05, 0) is 31.2 Å². The fraction of sp³-hybridized carbons (Fsp3) is 0.333. The van der Waals surface area contributed by atoms with Crippen molar-refractivity contribution in [3.63, 3.8) is 0 Å². The number of halogens is 2. The van der Waals surface area contributed by atoms with Crippen molar-refractivity contribution >= 4 is 23.2 Å². The van der Waals surface area contributed by atoms with Crippen LogP contribution in [0.3, 0.4) is 0 Å². The van der Waals surface area contributed by atoms with Crippen molar-refractivity contribution in [1.82, 2.24) is 9.80 Å². The molecule has 1 saturated heterocycles. The van der Waals surface area contributed by atoms with E-state index >= 15 is 0 Å². The predicted molar refractivity (Wildman–Crippen MR) is 93.9 cm³/mol. The lowest BCUT2D eigenvalue weighted by Crippen LogP contribution is -2.50. The van der Waals surface area contributed by atoms with Gasteiger partial charge in [-0.15, -0.1) is 11.3 Å². The molecular formula is C18H18F2N2O3S. The first-order valence-electron chi connectivity index (χ1n) is 8.14. The zero-order chi connectivity index (χ0) is 18.7. The highest BCUT2D eigenvalue weighted by Crippen LogP contribution is 2.23. The fourth-order valence-corrected chi connectivity index (χ4v) is 3.67. The Morgan fingerprint density at radius 2 is 1.62 bits per heavy atom. The van der Waals surface area contributed by atoms with Crippen LogP contribution >= 0.6 is 11.3 Å². The number of para-hydroxylation sites is 1. The van der Waals surface area contributed by atoms with E-state index in [0.717, 1.165) is 4.88 Å². The van der Waals surface area contributed by atoms with Crippen LogP contribution in [0.4, 0.5) is 8.78 Å². The smallest absolute Gasteiger partial charge is 0.387 e. The minimum Gasteiger partial charge on any atom is -0.434 e. The molecule has 1 fully saturated rings. The Bertz CT molecular complexity index is 801. The number of carbonyl (C=O) groups excluding carboxylic acids is 2. The molecule has 1 aromatic carbocycles. The summed E-state index contributed by atoms with van der Waals surface area (Å²) in [5.41, 5.74) is 0.0986. The second-order valence-corrected chi connectivity index (χ2v) is 7.16. The topological polar surface area (TPSA) is 49.9 Å². The molecule has 2 amide bonds. The second-order valence-electron chi connectivity index (χ2n) is 5.87. The third-order valence-electron chi connectivity index (χ3n) is 4.14. The molecule has 0 saturated carbocycles. The van der Waals surface area contributed by atoms with Gasteiger partial charge in [0.25, 0.3) is 11.8 Å². The fourth-order valence-electron chi connectivity index (χ4n) is 2.83. The normalized spacial score (nSPS) is 14.6. The lowest BCUT2D eigenvalue weighted by molar-refractivity contribution is -0.0503. The summed E-state index contributed by atoms with van der Waals surface area (Å²) in [6.07, 6.45) is 0. The van der Waals surface area contributed by atoms with Crippen LogP contribution in [0.15, 0.2) is 36.4 Å². The number of thiophene rings is 1. The number of benzene rings is 1. The number of amides is 2. The van der Waals surface area contributed by atoms with Gasteiger partial charge in [0.15, 0.2) is 0 Å². The summed E-state index contributed by atoms with van der Waals surface area (Å²) < 4.78 is 29.5. The summed E-state index contributed by atoms with van der Waals surface area (Å²) in [4.78, 5) is 30.1. The molecule has 2 aromatic rings. The van der Waals surface area contributed by atoms with E-state index in [9.17, 15) is 18.4 Å². The predicted octanol–water partition coefficient (Wildman–Crippen LogP) is 3.26. The van der Waals surface area contributed by atoms with Crippen LogP contribution < -0.4 is 4.74 Å². The maximum absolute atomic E-state index is 12.7. The van der Waals surface area contributed by atoms with Crippen molar-refractivity contribution in [2.24, 2.45) is 0 Å². The van der Waals surface area contributed by atoms with Crippen LogP contribution in [0.5, 0.6) is 5.75 Å². The van der Waals surface area contributed by atoms with E-state index in [4.69, 9.17) is 0 Å². The van der Waals surface area contributed by atoms with E-state index in [-0.39, 0.29) is 23.1 Å². The maximum atomic E-state index is 12.7. The molecule has 0 bridgehead atoms. The van der Waals surface area contributed by atoms with Crippen LogP contribution in [0, 0.1) is 6.92 Å². The highest BCUT2D eigenvalue weighted by molar-refractivity contribution is 7.13. The van der Waals surface area contributed by atoms with Gasteiger partial charge in [0.1, 0.15) is 5.75 Å².